The summed E-state index contributed by atoms with van der Waals surface area (Å²) in [4.78, 5) is 17.1. The maximum atomic E-state index is 12.2. The van der Waals surface area contributed by atoms with E-state index in [-0.39, 0.29) is 47.9 Å². The van der Waals surface area contributed by atoms with Crippen molar-refractivity contribution >= 4 is 27.7 Å². The van der Waals surface area contributed by atoms with Crippen molar-refractivity contribution in [2.75, 3.05) is 0 Å². The molecule has 2 aromatic heterocycles. The zero-order valence-electron chi connectivity index (χ0n) is 28.4. The molecule has 2 heterocycles. The number of hydrogen-bond acceptors (Lipinski definition) is 4. The van der Waals surface area contributed by atoms with E-state index in [2.05, 4.69) is 62.4 Å². The van der Waals surface area contributed by atoms with Gasteiger partial charge in [0.1, 0.15) is 17.1 Å². The van der Waals surface area contributed by atoms with E-state index in [4.69, 9.17) is 9.40 Å². The van der Waals surface area contributed by atoms with E-state index in [1.807, 2.05) is 71.9 Å². The summed E-state index contributed by atoms with van der Waals surface area (Å²) in [6.45, 7) is 16.6. The Morgan fingerprint density at radius 1 is 0.870 bits per heavy atom. The normalized spacial score (nSPS) is 13.9. The molecule has 0 atom stereocenters. The summed E-state index contributed by atoms with van der Waals surface area (Å²) < 4.78 is 6.30. The van der Waals surface area contributed by atoms with Gasteiger partial charge in [0.05, 0.1) is 5.52 Å². The van der Waals surface area contributed by atoms with Gasteiger partial charge in [0.15, 0.2) is 5.78 Å². The number of furan rings is 1. The molecule has 0 amide bonds. The third-order valence-corrected chi connectivity index (χ3v) is 10.5. The molecule has 0 aliphatic heterocycles. The summed E-state index contributed by atoms with van der Waals surface area (Å²) in [6.07, 6.45) is 4.75. The van der Waals surface area contributed by atoms with Gasteiger partial charge < -0.3 is 9.52 Å². The molecule has 0 saturated heterocycles. The van der Waals surface area contributed by atoms with Crippen LogP contribution in [0.25, 0.3) is 44.5 Å². The molecular formula is C41H46IrNO3-. The number of carbonyl (C=O) groups excluding carboxylic acids is 1. The zero-order chi connectivity index (χ0) is 32.6. The molecule has 1 aliphatic rings. The maximum Gasteiger partial charge on any atom is 0.164 e. The first-order valence-corrected chi connectivity index (χ1v) is 16.3. The Morgan fingerprint density at radius 3 is 2.17 bits per heavy atom. The van der Waals surface area contributed by atoms with Gasteiger partial charge in [0, 0.05) is 48.0 Å². The van der Waals surface area contributed by atoms with Crippen molar-refractivity contribution in [1.82, 2.24) is 4.98 Å². The van der Waals surface area contributed by atoms with E-state index in [1.165, 1.54) is 22.6 Å². The number of carbonyl (C=O) groups is 1. The Morgan fingerprint density at radius 2 is 1.50 bits per heavy atom. The molecule has 1 aliphatic carbocycles. The van der Waals surface area contributed by atoms with Crippen LogP contribution < -0.4 is 0 Å². The number of ketones is 1. The first-order valence-electron chi connectivity index (χ1n) is 16.3. The first-order chi connectivity index (χ1) is 21.4. The monoisotopic (exact) mass is 793 g/mol. The first kappa shape index (κ1) is 35.3. The predicted molar refractivity (Wildman–Crippen MR) is 186 cm³/mol. The second-order valence-corrected chi connectivity index (χ2v) is 13.4. The van der Waals surface area contributed by atoms with Gasteiger partial charge in [-0.2, -0.15) is 0 Å². The van der Waals surface area contributed by atoms with E-state index >= 15 is 0 Å². The fraction of sp³-hybridized carbons (Fsp3) is 0.366. The molecule has 0 unspecified atom stereocenters. The quantitative estimate of drug-likeness (QED) is 0.0966. The largest absolute Gasteiger partial charge is 0.512 e. The summed E-state index contributed by atoms with van der Waals surface area (Å²) in [6, 6.07) is 28.4. The summed E-state index contributed by atoms with van der Waals surface area (Å²) in [5.41, 5.74) is 6.85. The van der Waals surface area contributed by atoms with Crippen LogP contribution in [0.5, 0.6) is 0 Å². The second-order valence-electron chi connectivity index (χ2n) is 13.4. The van der Waals surface area contributed by atoms with Crippen LogP contribution in [0.1, 0.15) is 92.2 Å². The molecule has 6 rings (SSSR count). The molecule has 1 N–H and O–H groups in total. The van der Waals surface area contributed by atoms with Gasteiger partial charge in [-0.25, -0.2) is 0 Å². The van der Waals surface area contributed by atoms with Gasteiger partial charge in [-0.1, -0.05) is 109 Å². The summed E-state index contributed by atoms with van der Waals surface area (Å²) >= 11 is 0. The minimum atomic E-state index is -0.337. The number of pyridine rings is 1. The number of allylic oxidation sites excluding steroid dienone is 2. The topological polar surface area (TPSA) is 63.3 Å². The van der Waals surface area contributed by atoms with Crippen molar-refractivity contribution < 1.29 is 34.4 Å². The Kier molecular flexibility index (Phi) is 10.5. The molecule has 4 nitrogen and oxygen atoms in total. The molecule has 3 aromatic carbocycles. The van der Waals surface area contributed by atoms with Crippen LogP contribution >= 0.6 is 0 Å². The Balaban J connectivity index is 0.000000234. The number of aliphatic hydroxyl groups excluding tert-OH is 1. The molecule has 5 heteroatoms. The van der Waals surface area contributed by atoms with Crippen LogP contribution in [-0.4, -0.2) is 15.9 Å². The minimum Gasteiger partial charge on any atom is -0.512 e. The number of nitrogens with zero attached hydrogens (tertiary/aromatic N) is 1. The number of aliphatic hydroxyl groups is 1. The summed E-state index contributed by atoms with van der Waals surface area (Å²) in [5, 5.41) is 12.5. The molecule has 46 heavy (non-hydrogen) atoms. The molecule has 0 bridgehead atoms. The van der Waals surface area contributed by atoms with E-state index < -0.39 is 0 Å². The number of para-hydroxylation sites is 2. The van der Waals surface area contributed by atoms with E-state index in [0.29, 0.717) is 0 Å². The zero-order valence-corrected chi connectivity index (χ0v) is 30.8. The summed E-state index contributed by atoms with van der Waals surface area (Å²) in [5.74, 6) is 1.27. The van der Waals surface area contributed by atoms with Crippen molar-refractivity contribution in [3.8, 4) is 22.6 Å². The smallest absolute Gasteiger partial charge is 0.164 e. The second kappa shape index (κ2) is 13.7. The van der Waals surface area contributed by atoms with Crippen molar-refractivity contribution in [2.24, 2.45) is 10.8 Å². The Hall–Kier alpha value is -3.53. The minimum absolute atomic E-state index is 0. The Labute approximate surface area is 287 Å². The fourth-order valence-electron chi connectivity index (χ4n) is 6.41. The molecule has 1 radical (unpaired) electrons. The van der Waals surface area contributed by atoms with Crippen LogP contribution in [0.15, 0.2) is 89.0 Å². The third kappa shape index (κ3) is 6.12. The molecule has 0 spiro atoms. The van der Waals surface area contributed by atoms with Crippen molar-refractivity contribution in [3.05, 3.63) is 102 Å². The molecule has 5 aromatic rings. The predicted octanol–water partition coefficient (Wildman–Crippen LogP) is 11.4. The summed E-state index contributed by atoms with van der Waals surface area (Å²) in [7, 11) is 0. The average Bonchev–Trinajstić information content (AvgIpc) is 3.57. The van der Waals surface area contributed by atoms with Crippen LogP contribution in [0.3, 0.4) is 0 Å². The number of hydrogen-bond donors (Lipinski definition) is 1. The fourth-order valence-corrected chi connectivity index (χ4v) is 6.41. The number of benzene rings is 3. The van der Waals surface area contributed by atoms with Gasteiger partial charge in [-0.3, -0.25) is 9.78 Å². The van der Waals surface area contributed by atoms with Crippen LogP contribution in [0.4, 0.5) is 0 Å². The van der Waals surface area contributed by atoms with Crippen LogP contribution in [0.2, 0.25) is 0 Å². The third-order valence-electron chi connectivity index (χ3n) is 10.5. The SMILES string of the molecule is CC1(C)c2c(-c3ccc4ccccc4n3)[c-]ccc2-c2oc3ccccc3c21.CCC(C)(CC)C(=O)/C=C(\O)C(C)(CC)CC.[Ir]. The molecule has 0 fully saturated rings. The van der Waals surface area contributed by atoms with Gasteiger partial charge in [0.2, 0.25) is 0 Å². The van der Waals surface area contributed by atoms with Crippen LogP contribution in [-0.2, 0) is 30.3 Å². The molecule has 243 valence electrons. The van der Waals surface area contributed by atoms with Gasteiger partial charge in [-0.05, 0) is 54.3 Å². The van der Waals surface area contributed by atoms with Crippen molar-refractivity contribution in [2.45, 2.75) is 86.5 Å². The average molecular weight is 793 g/mol. The van der Waals surface area contributed by atoms with Gasteiger partial charge >= 0.3 is 0 Å². The van der Waals surface area contributed by atoms with Gasteiger partial charge in [-0.15, -0.1) is 29.3 Å². The maximum absolute atomic E-state index is 12.2. The van der Waals surface area contributed by atoms with Crippen LogP contribution in [0, 0.1) is 16.9 Å². The standard InChI is InChI=1S/C26H18NO.C15H28O2.Ir/c1-26(2)23-17(21-15-14-16-8-3-5-12-20(16)27-21)10-7-11-19(23)25-24(26)18-9-4-6-13-22(18)28-25;1-7-14(5,8-2)12(16)11-13(17)15(6,9-3)10-4;/h3-9,11-15H,1-2H3;11,16H,7-10H2,1-6H3;/q-1;;/b;12-11-;. The number of rotatable bonds is 8. The van der Waals surface area contributed by atoms with E-state index in [9.17, 15) is 9.90 Å². The number of aromatic nitrogens is 1. The Bertz CT molecular complexity index is 1890. The molecule has 0 saturated carbocycles. The number of fused-ring (bicyclic) bond motifs is 6. The van der Waals surface area contributed by atoms with E-state index in [0.717, 1.165) is 64.8 Å². The van der Waals surface area contributed by atoms with Crippen molar-refractivity contribution in [3.63, 3.8) is 0 Å². The van der Waals surface area contributed by atoms with Gasteiger partial charge in [0.25, 0.3) is 0 Å². The molecular weight excluding hydrogens is 747 g/mol. The van der Waals surface area contributed by atoms with E-state index in [1.54, 1.807) is 0 Å². The van der Waals surface area contributed by atoms with Crippen molar-refractivity contribution in [1.29, 1.82) is 0 Å².